The van der Waals surface area contributed by atoms with Gasteiger partial charge >= 0.3 is 35.8 Å². The van der Waals surface area contributed by atoms with Crippen LogP contribution >= 0.6 is 0 Å². The van der Waals surface area contributed by atoms with E-state index in [0.29, 0.717) is 12.8 Å². The highest BCUT2D eigenvalue weighted by Gasteiger charge is 2.60. The maximum Gasteiger partial charge on any atom is 0.331 e. The quantitative estimate of drug-likeness (QED) is 0.0623. The number of allylic oxidation sites excluding steroid dienone is 3. The van der Waals surface area contributed by atoms with Crippen LogP contribution in [0.5, 0.6) is 0 Å². The number of methoxy groups -OCH3 is 2. The number of ether oxygens (including phenoxy) is 9. The Morgan fingerprint density at radius 2 is 1.66 bits per heavy atom. The van der Waals surface area contributed by atoms with E-state index in [0.717, 1.165) is 18.9 Å². The van der Waals surface area contributed by atoms with E-state index in [1.807, 2.05) is 26.8 Å². The minimum Gasteiger partial charge on any atom is -0.481 e. The second kappa shape index (κ2) is 24.9. The molecule has 3 N–H and O–H groups in total. The Morgan fingerprint density at radius 3 is 2.31 bits per heavy atom. The number of aliphatic carboxylic acids is 1. The van der Waals surface area contributed by atoms with Gasteiger partial charge in [-0.2, -0.15) is 0 Å². The van der Waals surface area contributed by atoms with Crippen molar-refractivity contribution >= 4 is 35.8 Å². The number of hydrogen-bond donors (Lipinski definition) is 3. The summed E-state index contributed by atoms with van der Waals surface area (Å²) < 4.78 is 54.9. The van der Waals surface area contributed by atoms with Crippen LogP contribution in [0.25, 0.3) is 0 Å². The van der Waals surface area contributed by atoms with Crippen LogP contribution in [-0.4, -0.2) is 138 Å². The molecule has 3 fully saturated rings. The van der Waals surface area contributed by atoms with Gasteiger partial charge in [0.1, 0.15) is 23.9 Å². The molecule has 0 aliphatic carbocycles. The minimum atomic E-state index is -2.46. The van der Waals surface area contributed by atoms with Crippen LogP contribution < -0.4 is 0 Å². The number of aliphatic hydroxyl groups is 2. The first-order valence-electron chi connectivity index (χ1n) is 23.7. The van der Waals surface area contributed by atoms with Crippen molar-refractivity contribution in [2.75, 3.05) is 20.8 Å². The SMILES string of the molecule is CCC/C=C/C=C/C(=O)O[C@H]1/C(=C/C(=O)OC)CC2CC([C@@H](C)O)OC(=O)CCCC3CC(OC(C)=O)C(C)(C)C(COC)(C[C@@H]4CC(OC(=O)CCC(=O)O)C[C@H](/C=C/C(C)(C)C1(O)O2)O4)O3. The minimum absolute atomic E-state index is 0.0279. The largest absolute Gasteiger partial charge is 0.481 e. The summed E-state index contributed by atoms with van der Waals surface area (Å²) in [5, 5.41) is 33.3. The lowest BCUT2D eigenvalue weighted by atomic mass is 9.64. The van der Waals surface area contributed by atoms with Crippen LogP contribution in [0.3, 0.4) is 0 Å². The van der Waals surface area contributed by atoms with Crippen molar-refractivity contribution < 1.29 is 86.7 Å². The number of rotatable bonds is 14. The summed E-state index contributed by atoms with van der Waals surface area (Å²) in [7, 11) is 2.69. The van der Waals surface area contributed by atoms with Crippen molar-refractivity contribution in [3.8, 4) is 0 Å². The topological polar surface area (TPSA) is 246 Å². The van der Waals surface area contributed by atoms with Crippen LogP contribution in [0.2, 0.25) is 0 Å². The maximum absolute atomic E-state index is 13.5. The smallest absolute Gasteiger partial charge is 0.331 e. The van der Waals surface area contributed by atoms with Crippen LogP contribution in [0.15, 0.2) is 48.1 Å². The van der Waals surface area contributed by atoms with Crippen molar-refractivity contribution in [1.29, 1.82) is 0 Å². The molecule has 6 bridgehead atoms. The number of hydrogen-bond acceptors (Lipinski definition) is 17. The van der Waals surface area contributed by atoms with E-state index in [9.17, 15) is 44.1 Å². The molecule has 0 aromatic heterocycles. The van der Waals surface area contributed by atoms with Gasteiger partial charge in [-0.3, -0.25) is 19.2 Å². The van der Waals surface area contributed by atoms with E-state index in [-0.39, 0.29) is 63.5 Å². The second-order valence-electron chi connectivity index (χ2n) is 19.5. The maximum atomic E-state index is 13.5. The number of fused-ring (bicyclic) bond motifs is 6. The zero-order chi connectivity index (χ0) is 50.5. The highest BCUT2D eigenvalue weighted by atomic mass is 16.7. The Labute approximate surface area is 399 Å². The molecule has 7 unspecified atom stereocenters. The Hall–Kier alpha value is -4.46. The van der Waals surface area contributed by atoms with E-state index in [4.69, 9.17) is 42.6 Å². The third-order valence-corrected chi connectivity index (χ3v) is 13.4. The fraction of sp³-hybridized carbons (Fsp3) is 0.720. The number of carbonyl (C=O) groups is 6. The molecule has 4 heterocycles. The summed E-state index contributed by atoms with van der Waals surface area (Å²) in [4.78, 5) is 77.0. The molecule has 4 aliphatic rings. The van der Waals surface area contributed by atoms with Gasteiger partial charge in [0, 0.05) is 75.5 Å². The molecule has 11 atom stereocenters. The van der Waals surface area contributed by atoms with Crippen molar-refractivity contribution in [2.24, 2.45) is 10.8 Å². The first kappa shape index (κ1) is 56.1. The summed E-state index contributed by atoms with van der Waals surface area (Å²) >= 11 is 0. The summed E-state index contributed by atoms with van der Waals surface area (Å²) in [6.07, 6.45) is 4.06. The van der Waals surface area contributed by atoms with Crippen molar-refractivity contribution in [2.45, 2.75) is 198 Å². The summed E-state index contributed by atoms with van der Waals surface area (Å²) in [5.41, 5.74) is -3.47. The van der Waals surface area contributed by atoms with Gasteiger partial charge in [-0.1, -0.05) is 71.4 Å². The fourth-order valence-corrected chi connectivity index (χ4v) is 9.42. The first-order chi connectivity index (χ1) is 32.0. The molecule has 0 spiro atoms. The first-order valence-corrected chi connectivity index (χ1v) is 23.7. The normalized spacial score (nSPS) is 33.7. The molecule has 0 radical (unpaired) electrons. The molecule has 0 aromatic carbocycles. The van der Waals surface area contributed by atoms with Crippen LogP contribution in [-0.2, 0) is 71.4 Å². The lowest BCUT2D eigenvalue weighted by molar-refractivity contribution is -0.327. The average molecular weight is 963 g/mol. The van der Waals surface area contributed by atoms with Gasteiger partial charge in [-0.15, -0.1) is 0 Å². The number of unbranched alkanes of at least 4 members (excludes halogenated alkanes) is 1. The van der Waals surface area contributed by atoms with Gasteiger partial charge in [0.15, 0.2) is 6.10 Å². The van der Waals surface area contributed by atoms with Gasteiger partial charge in [0.05, 0.1) is 57.1 Å². The van der Waals surface area contributed by atoms with Gasteiger partial charge in [0.25, 0.3) is 0 Å². The highest BCUT2D eigenvalue weighted by Crippen LogP contribution is 2.51. The number of cyclic esters (lactones) is 1. The molecule has 3 saturated heterocycles. The zero-order valence-corrected chi connectivity index (χ0v) is 41.1. The molecule has 0 aromatic rings. The third kappa shape index (κ3) is 15.0. The van der Waals surface area contributed by atoms with Crippen molar-refractivity contribution in [3.63, 3.8) is 0 Å². The number of carboxylic acids is 1. The van der Waals surface area contributed by atoms with Crippen molar-refractivity contribution in [1.82, 2.24) is 0 Å². The van der Waals surface area contributed by atoms with Gasteiger partial charge in [-0.25, -0.2) is 9.59 Å². The fourth-order valence-electron chi connectivity index (χ4n) is 9.42. The van der Waals surface area contributed by atoms with E-state index in [1.165, 1.54) is 40.2 Å². The highest BCUT2D eigenvalue weighted by molar-refractivity contribution is 5.84. The number of aliphatic hydroxyl groups excluding tert-OH is 1. The monoisotopic (exact) mass is 962 g/mol. The summed E-state index contributed by atoms with van der Waals surface area (Å²) in [6, 6.07) is 0. The van der Waals surface area contributed by atoms with Crippen LogP contribution in [0.1, 0.15) is 132 Å². The van der Waals surface area contributed by atoms with Gasteiger partial charge < -0.3 is 58.0 Å². The Bertz CT molecular complexity index is 1880. The standard InChI is InChI=1S/C50H74O18/c1-10-11-12-13-14-17-43(56)66-46-33(24-45(58)61-9)23-37-27-39(31(2)51)65-42(55)18-15-16-35-28-40(62-32(3)52)48(6,7)49(67-35,30-60-8)29-38-26-36(64-44(57)20-19-41(53)54)25-34(63-38)21-22-47(4,5)50(46,59)68-37/h12-14,17,21-22,24,31,34-40,46,51,59H,10-11,15-16,18-20,23,25-30H2,1-9H3,(H,53,54)/b13-12+,17-14+,22-21+,33-24+/t31-,34+,35?,36?,37?,38+,39?,40?,46+,49?,50?/m1/s1. The van der Waals surface area contributed by atoms with Crippen LogP contribution in [0.4, 0.5) is 0 Å². The summed E-state index contributed by atoms with van der Waals surface area (Å²) in [6.45, 7) is 11.9. The summed E-state index contributed by atoms with van der Waals surface area (Å²) in [5.74, 6) is -7.11. The average Bonchev–Trinajstić information content (AvgIpc) is 3.24. The second-order valence-corrected chi connectivity index (χ2v) is 19.5. The van der Waals surface area contributed by atoms with Gasteiger partial charge in [-0.05, 0) is 38.2 Å². The Balaban J connectivity index is 1.89. The number of carboxylic acid groups (broad SMARTS) is 1. The van der Waals surface area contributed by atoms with Crippen molar-refractivity contribution in [3.05, 3.63) is 48.1 Å². The lowest BCUT2D eigenvalue weighted by Crippen LogP contribution is -2.64. The van der Waals surface area contributed by atoms with E-state index < -0.39 is 119 Å². The predicted octanol–water partition coefficient (Wildman–Crippen LogP) is 5.68. The van der Waals surface area contributed by atoms with Crippen LogP contribution in [0, 0.1) is 10.8 Å². The molecular weight excluding hydrogens is 889 g/mol. The lowest BCUT2D eigenvalue weighted by Gasteiger charge is -2.56. The van der Waals surface area contributed by atoms with E-state index >= 15 is 0 Å². The van der Waals surface area contributed by atoms with Gasteiger partial charge in [0.2, 0.25) is 5.79 Å². The third-order valence-electron chi connectivity index (χ3n) is 13.4. The Kier molecular flexibility index (Phi) is 20.5. The molecule has 18 nitrogen and oxygen atoms in total. The zero-order valence-electron chi connectivity index (χ0n) is 41.1. The molecule has 4 aliphatic heterocycles. The van der Waals surface area contributed by atoms with E-state index in [1.54, 1.807) is 32.1 Å². The molecule has 18 heteroatoms. The molecule has 0 amide bonds. The molecule has 68 heavy (non-hydrogen) atoms. The van der Waals surface area contributed by atoms with E-state index in [2.05, 4.69) is 0 Å². The molecular formula is C50H74O18. The molecule has 382 valence electrons. The predicted molar refractivity (Wildman–Crippen MR) is 243 cm³/mol. The number of esters is 5. The Morgan fingerprint density at radius 1 is 0.926 bits per heavy atom. The molecule has 4 rings (SSSR count). The molecule has 0 saturated carbocycles. The number of carbonyl (C=O) groups excluding carboxylic acids is 5.